The molecular weight excluding hydrogens is 737 g/mol. The third-order valence-electron chi connectivity index (χ3n) is 11.2. The molecule has 60 heavy (non-hydrogen) atoms. The summed E-state index contributed by atoms with van der Waals surface area (Å²) in [6.45, 7) is 0. The summed E-state index contributed by atoms with van der Waals surface area (Å²) in [5, 5.41) is 53.7. The first-order chi connectivity index (χ1) is 29.5. The molecule has 0 N–H and O–H groups in total. The van der Waals surface area contributed by atoms with Crippen LogP contribution >= 0.6 is 0 Å². The topological polar surface area (TPSA) is 142 Å². The highest BCUT2D eigenvalue weighted by Crippen LogP contribution is 2.43. The zero-order valence-electron chi connectivity index (χ0n) is 31.6. The molecule has 3 aromatic heterocycles. The number of rotatable bonds is 5. The van der Waals surface area contributed by atoms with Gasteiger partial charge in [-0.3, -0.25) is 4.98 Å². The zero-order chi connectivity index (χ0) is 40.9. The van der Waals surface area contributed by atoms with Gasteiger partial charge >= 0.3 is 0 Å². The standard InChI is InChI=1S/C52H26N8/c53-27-32-14-18-39(37(23-32)30-56)34-16-20-47-43(25-34)41-8-1-3-10-45(41)59(47)49-12-5-7-36(29-55)51(49)52-50(13-6-22-58-52)60-46-11-4-2-9-42(46)44-26-35(17-21-48(44)60)40-19-15-33(28-54)24-38(40)31-57/h1-26H. The van der Waals surface area contributed by atoms with Crippen LogP contribution in [0.2, 0.25) is 0 Å². The molecule has 274 valence electrons. The Labute approximate surface area is 343 Å². The first kappa shape index (κ1) is 35.2. The number of hydrogen-bond donors (Lipinski definition) is 0. The summed E-state index contributed by atoms with van der Waals surface area (Å²) in [5.74, 6) is 0. The molecule has 0 aliphatic rings. The molecule has 0 fully saturated rings. The first-order valence-electron chi connectivity index (χ1n) is 19.0. The highest BCUT2D eigenvalue weighted by molar-refractivity contribution is 6.13. The van der Waals surface area contributed by atoms with Crippen LogP contribution in [-0.2, 0) is 0 Å². The molecule has 8 heteroatoms. The Kier molecular flexibility index (Phi) is 8.23. The van der Waals surface area contributed by atoms with E-state index in [0.717, 1.165) is 77.2 Å². The summed E-state index contributed by atoms with van der Waals surface area (Å²) in [5.41, 5.74) is 11.9. The SMILES string of the molecule is N#Cc1ccc(-c2ccc3c(c2)c2ccccc2n3-c2cccnc2-c2c(C#N)cccc2-n2c3ccccc3c3cc(-c4ccc(C#N)cc4C#N)ccc32)c(C#N)c1. The lowest BCUT2D eigenvalue weighted by molar-refractivity contribution is 1.12. The lowest BCUT2D eigenvalue weighted by atomic mass is 9.97. The summed E-state index contributed by atoms with van der Waals surface area (Å²) in [4.78, 5) is 5.05. The second-order valence-electron chi connectivity index (χ2n) is 14.3. The fraction of sp³-hybridized carbons (Fsp3) is 0. The fourth-order valence-electron chi connectivity index (χ4n) is 8.55. The maximum atomic E-state index is 10.8. The molecule has 10 aromatic rings. The minimum atomic E-state index is 0.422. The second-order valence-corrected chi connectivity index (χ2v) is 14.3. The average molecular weight is 763 g/mol. The van der Waals surface area contributed by atoms with Crippen molar-refractivity contribution >= 4 is 43.6 Å². The summed E-state index contributed by atoms with van der Waals surface area (Å²) in [6, 6.07) is 59.8. The van der Waals surface area contributed by atoms with Crippen molar-refractivity contribution in [3.63, 3.8) is 0 Å². The predicted molar refractivity (Wildman–Crippen MR) is 233 cm³/mol. The Morgan fingerprint density at radius 2 is 0.883 bits per heavy atom. The van der Waals surface area contributed by atoms with Gasteiger partial charge in [-0.05, 0) is 107 Å². The quantitative estimate of drug-likeness (QED) is 0.171. The van der Waals surface area contributed by atoms with Gasteiger partial charge in [-0.2, -0.15) is 26.3 Å². The summed E-state index contributed by atoms with van der Waals surface area (Å²) in [6.07, 6.45) is 1.75. The van der Waals surface area contributed by atoms with Crippen molar-refractivity contribution in [1.82, 2.24) is 14.1 Å². The van der Waals surface area contributed by atoms with E-state index in [9.17, 15) is 26.3 Å². The van der Waals surface area contributed by atoms with Crippen molar-refractivity contribution in [3.05, 3.63) is 186 Å². The van der Waals surface area contributed by atoms with Crippen molar-refractivity contribution < 1.29 is 0 Å². The van der Waals surface area contributed by atoms with Gasteiger partial charge in [0.15, 0.2) is 0 Å². The van der Waals surface area contributed by atoms with Gasteiger partial charge in [-0.1, -0.05) is 66.7 Å². The van der Waals surface area contributed by atoms with Crippen LogP contribution in [0.25, 0.3) is 88.5 Å². The molecule has 0 saturated carbocycles. The van der Waals surface area contributed by atoms with Gasteiger partial charge in [-0.25, -0.2) is 0 Å². The molecule has 0 bridgehead atoms. The van der Waals surface area contributed by atoms with Crippen LogP contribution in [0.15, 0.2) is 158 Å². The molecule has 7 aromatic carbocycles. The summed E-state index contributed by atoms with van der Waals surface area (Å²) in [7, 11) is 0. The van der Waals surface area contributed by atoms with Gasteiger partial charge < -0.3 is 9.13 Å². The van der Waals surface area contributed by atoms with Gasteiger partial charge in [-0.15, -0.1) is 0 Å². The van der Waals surface area contributed by atoms with E-state index in [1.165, 1.54) is 0 Å². The van der Waals surface area contributed by atoms with Crippen LogP contribution in [0.1, 0.15) is 27.8 Å². The molecule has 0 atom stereocenters. The Morgan fingerprint density at radius 3 is 1.42 bits per heavy atom. The molecule has 8 nitrogen and oxygen atoms in total. The van der Waals surface area contributed by atoms with Crippen LogP contribution in [0.3, 0.4) is 0 Å². The fourth-order valence-corrected chi connectivity index (χ4v) is 8.55. The van der Waals surface area contributed by atoms with E-state index in [1.807, 2.05) is 91.0 Å². The number of benzene rings is 7. The van der Waals surface area contributed by atoms with E-state index in [-0.39, 0.29) is 0 Å². The Balaban J connectivity index is 1.21. The molecule has 0 amide bonds. The third kappa shape index (κ3) is 5.38. The smallest absolute Gasteiger partial charge is 0.0999 e. The summed E-state index contributed by atoms with van der Waals surface area (Å²) < 4.78 is 4.36. The zero-order valence-corrected chi connectivity index (χ0v) is 31.6. The third-order valence-corrected chi connectivity index (χ3v) is 11.2. The Morgan fingerprint density at radius 1 is 0.383 bits per heavy atom. The van der Waals surface area contributed by atoms with Gasteiger partial charge in [0.1, 0.15) is 0 Å². The number of pyridine rings is 1. The Bertz CT molecular complexity index is 3680. The minimum Gasteiger partial charge on any atom is -0.309 e. The lowest BCUT2D eigenvalue weighted by Crippen LogP contribution is -2.04. The molecule has 10 rings (SSSR count). The number of nitrogens with zero attached hydrogens (tertiary/aromatic N) is 8. The largest absolute Gasteiger partial charge is 0.309 e. The molecule has 0 unspecified atom stereocenters. The monoisotopic (exact) mass is 762 g/mol. The van der Waals surface area contributed by atoms with Crippen LogP contribution in [0.5, 0.6) is 0 Å². The van der Waals surface area contributed by atoms with E-state index < -0.39 is 0 Å². The first-order valence-corrected chi connectivity index (χ1v) is 19.0. The average Bonchev–Trinajstić information content (AvgIpc) is 3.82. The lowest BCUT2D eigenvalue weighted by Gasteiger charge is -2.18. The molecule has 0 spiro atoms. The van der Waals surface area contributed by atoms with Gasteiger partial charge in [0.05, 0.1) is 97.3 Å². The van der Waals surface area contributed by atoms with E-state index in [0.29, 0.717) is 39.1 Å². The van der Waals surface area contributed by atoms with Gasteiger partial charge in [0.2, 0.25) is 0 Å². The van der Waals surface area contributed by atoms with Crippen molar-refractivity contribution in [2.24, 2.45) is 0 Å². The van der Waals surface area contributed by atoms with E-state index >= 15 is 0 Å². The van der Waals surface area contributed by atoms with Crippen LogP contribution in [-0.4, -0.2) is 14.1 Å². The maximum Gasteiger partial charge on any atom is 0.0999 e. The van der Waals surface area contributed by atoms with Crippen LogP contribution in [0, 0.1) is 56.7 Å². The van der Waals surface area contributed by atoms with Crippen molar-refractivity contribution in [2.75, 3.05) is 0 Å². The molecule has 0 aliphatic heterocycles. The molecule has 3 heterocycles. The second kappa shape index (κ2) is 14.0. The maximum absolute atomic E-state index is 10.8. The number of hydrogen-bond acceptors (Lipinski definition) is 6. The van der Waals surface area contributed by atoms with E-state index in [4.69, 9.17) is 4.98 Å². The summed E-state index contributed by atoms with van der Waals surface area (Å²) >= 11 is 0. The highest BCUT2D eigenvalue weighted by Gasteiger charge is 2.24. The van der Waals surface area contributed by atoms with Crippen molar-refractivity contribution in [2.45, 2.75) is 0 Å². The molecule has 0 saturated heterocycles. The normalized spacial score (nSPS) is 10.9. The van der Waals surface area contributed by atoms with E-state index in [1.54, 1.807) is 30.5 Å². The number of para-hydroxylation sites is 2. The molecule has 0 aliphatic carbocycles. The predicted octanol–water partition coefficient (Wildman–Crippen LogP) is 11.6. The van der Waals surface area contributed by atoms with Crippen molar-refractivity contribution in [3.8, 4) is 75.2 Å². The van der Waals surface area contributed by atoms with Crippen LogP contribution in [0.4, 0.5) is 0 Å². The minimum absolute atomic E-state index is 0.422. The van der Waals surface area contributed by atoms with Gasteiger partial charge in [0.25, 0.3) is 0 Å². The number of aromatic nitrogens is 3. The van der Waals surface area contributed by atoms with Crippen molar-refractivity contribution in [1.29, 1.82) is 26.3 Å². The highest BCUT2D eigenvalue weighted by atomic mass is 15.0. The number of fused-ring (bicyclic) bond motifs is 6. The molecule has 0 radical (unpaired) electrons. The Hall–Kier alpha value is -9.26. The van der Waals surface area contributed by atoms with E-state index in [2.05, 4.69) is 75.9 Å². The van der Waals surface area contributed by atoms with Gasteiger partial charge in [0, 0.05) is 33.3 Å². The number of nitriles is 5. The van der Waals surface area contributed by atoms with Crippen LogP contribution < -0.4 is 0 Å². The molecular formula is C52H26N8.